The zero-order chi connectivity index (χ0) is 13.7. The predicted octanol–water partition coefficient (Wildman–Crippen LogP) is 1.40. The van der Waals surface area contributed by atoms with Gasteiger partial charge >= 0.3 is 0 Å². The summed E-state index contributed by atoms with van der Waals surface area (Å²) >= 11 is 0. The Morgan fingerprint density at radius 1 is 1.42 bits per heavy atom. The van der Waals surface area contributed by atoms with Gasteiger partial charge in [-0.1, -0.05) is 12.1 Å². The van der Waals surface area contributed by atoms with E-state index in [1.807, 2.05) is 24.3 Å². The van der Waals surface area contributed by atoms with Crippen LogP contribution in [0.3, 0.4) is 0 Å². The summed E-state index contributed by atoms with van der Waals surface area (Å²) in [6.45, 7) is 3.53. The molecule has 0 aromatic heterocycles. The highest BCUT2D eigenvalue weighted by Gasteiger charge is 2.20. The highest BCUT2D eigenvalue weighted by atomic mass is 16.5. The first kappa shape index (κ1) is 14.3. The third-order valence-corrected chi connectivity index (χ3v) is 3.95. The van der Waals surface area contributed by atoms with Crippen LogP contribution in [0.1, 0.15) is 24.5 Å². The van der Waals surface area contributed by atoms with E-state index in [9.17, 15) is 5.11 Å². The molecule has 0 bridgehead atoms. The highest BCUT2D eigenvalue weighted by Crippen LogP contribution is 2.22. The lowest BCUT2D eigenvalue weighted by Gasteiger charge is -2.32. The lowest BCUT2D eigenvalue weighted by atomic mass is 9.96. The van der Waals surface area contributed by atoms with Crippen molar-refractivity contribution in [3.63, 3.8) is 0 Å². The van der Waals surface area contributed by atoms with Crippen LogP contribution in [-0.2, 0) is 0 Å². The van der Waals surface area contributed by atoms with Gasteiger partial charge in [0.15, 0.2) is 0 Å². The number of nitrogens with two attached hydrogens (primary N) is 1. The maximum atomic E-state index is 10.3. The van der Waals surface area contributed by atoms with Gasteiger partial charge in [-0.3, -0.25) is 0 Å². The number of benzene rings is 1. The van der Waals surface area contributed by atoms with Crippen molar-refractivity contribution in [2.75, 3.05) is 33.3 Å². The summed E-state index contributed by atoms with van der Waals surface area (Å²) < 4.78 is 5.18. The molecule has 4 nitrogen and oxygen atoms in total. The van der Waals surface area contributed by atoms with E-state index in [1.165, 1.54) is 0 Å². The third kappa shape index (κ3) is 3.93. The minimum absolute atomic E-state index is 0.454. The Morgan fingerprint density at radius 2 is 2.16 bits per heavy atom. The van der Waals surface area contributed by atoms with Crippen LogP contribution in [0.15, 0.2) is 24.3 Å². The third-order valence-electron chi connectivity index (χ3n) is 3.95. The quantitative estimate of drug-likeness (QED) is 0.844. The molecule has 1 aliphatic rings. The largest absolute Gasteiger partial charge is 0.497 e. The summed E-state index contributed by atoms with van der Waals surface area (Å²) in [5, 5.41) is 10.3. The molecule has 0 amide bonds. The van der Waals surface area contributed by atoms with Gasteiger partial charge in [-0.2, -0.15) is 0 Å². The van der Waals surface area contributed by atoms with Crippen molar-refractivity contribution < 1.29 is 9.84 Å². The summed E-state index contributed by atoms with van der Waals surface area (Å²) in [5.41, 5.74) is 6.61. The van der Waals surface area contributed by atoms with Crippen molar-refractivity contribution in [2.45, 2.75) is 18.9 Å². The van der Waals surface area contributed by atoms with E-state index in [4.69, 9.17) is 10.5 Å². The normalized spacial score (nSPS) is 19.3. The van der Waals surface area contributed by atoms with E-state index in [-0.39, 0.29) is 0 Å². The standard InChI is InChI=1S/C15H24N2O2/c1-19-14-4-2-3-13(9-14)15(18)11-17-7-5-12(10-16)6-8-17/h2-4,9,12,15,18H,5-8,10-11,16H2,1H3. The van der Waals surface area contributed by atoms with Crippen LogP contribution in [0.5, 0.6) is 5.75 Å². The fourth-order valence-corrected chi connectivity index (χ4v) is 2.60. The topological polar surface area (TPSA) is 58.7 Å². The monoisotopic (exact) mass is 264 g/mol. The van der Waals surface area contributed by atoms with Crippen molar-refractivity contribution in [3.05, 3.63) is 29.8 Å². The van der Waals surface area contributed by atoms with Crippen LogP contribution in [0.2, 0.25) is 0 Å². The molecule has 19 heavy (non-hydrogen) atoms. The van der Waals surface area contributed by atoms with Gasteiger partial charge in [-0.25, -0.2) is 0 Å². The second-order valence-electron chi connectivity index (χ2n) is 5.27. The lowest BCUT2D eigenvalue weighted by molar-refractivity contribution is 0.0902. The Kier molecular flexibility index (Phi) is 5.19. The molecule has 0 spiro atoms. The first-order valence-corrected chi connectivity index (χ1v) is 6.97. The van der Waals surface area contributed by atoms with E-state index >= 15 is 0 Å². The van der Waals surface area contributed by atoms with E-state index in [0.29, 0.717) is 12.5 Å². The van der Waals surface area contributed by atoms with Gasteiger partial charge in [-0.15, -0.1) is 0 Å². The molecule has 3 N–H and O–H groups in total. The molecule has 1 aliphatic heterocycles. The first-order chi connectivity index (χ1) is 9.22. The molecule has 2 rings (SSSR count). The molecule has 1 unspecified atom stereocenters. The Morgan fingerprint density at radius 3 is 2.79 bits per heavy atom. The van der Waals surface area contributed by atoms with Gasteiger partial charge in [0, 0.05) is 6.54 Å². The maximum absolute atomic E-state index is 10.3. The fourth-order valence-electron chi connectivity index (χ4n) is 2.60. The van der Waals surface area contributed by atoms with Crippen LogP contribution in [-0.4, -0.2) is 43.3 Å². The number of β-amino-alcohol motifs (C(OH)–C–C–N with tert-alkyl or cyclic N) is 1. The number of aliphatic hydroxyl groups excluding tert-OH is 1. The van der Waals surface area contributed by atoms with E-state index in [0.717, 1.165) is 43.8 Å². The lowest BCUT2D eigenvalue weighted by Crippen LogP contribution is -2.38. The number of hydrogen-bond acceptors (Lipinski definition) is 4. The van der Waals surface area contributed by atoms with E-state index in [2.05, 4.69) is 4.90 Å². The minimum Gasteiger partial charge on any atom is -0.497 e. The Hall–Kier alpha value is -1.10. The van der Waals surface area contributed by atoms with Crippen LogP contribution < -0.4 is 10.5 Å². The molecule has 1 heterocycles. The number of rotatable bonds is 5. The van der Waals surface area contributed by atoms with Gasteiger partial charge in [0.05, 0.1) is 13.2 Å². The van der Waals surface area contributed by atoms with Gasteiger partial charge in [0.1, 0.15) is 5.75 Å². The first-order valence-electron chi connectivity index (χ1n) is 6.97. The number of ether oxygens (including phenoxy) is 1. The number of aliphatic hydroxyl groups is 1. The molecular formula is C15H24N2O2. The average molecular weight is 264 g/mol. The number of hydrogen-bond donors (Lipinski definition) is 2. The Labute approximate surface area is 115 Å². The SMILES string of the molecule is COc1cccc(C(O)CN2CCC(CN)CC2)c1. The second-order valence-corrected chi connectivity index (χ2v) is 5.27. The minimum atomic E-state index is -0.454. The summed E-state index contributed by atoms with van der Waals surface area (Å²) in [6, 6.07) is 7.65. The molecule has 1 saturated heterocycles. The van der Waals surface area contributed by atoms with Crippen molar-refractivity contribution in [2.24, 2.45) is 11.7 Å². The average Bonchev–Trinajstić information content (AvgIpc) is 2.48. The smallest absolute Gasteiger partial charge is 0.119 e. The Bertz CT molecular complexity index is 389. The molecule has 0 saturated carbocycles. The summed E-state index contributed by atoms with van der Waals surface area (Å²) in [4.78, 5) is 2.32. The summed E-state index contributed by atoms with van der Waals surface area (Å²) in [7, 11) is 1.64. The summed E-state index contributed by atoms with van der Waals surface area (Å²) in [6.07, 6.45) is 1.83. The van der Waals surface area contributed by atoms with Gasteiger partial charge in [-0.05, 0) is 56.1 Å². The summed E-state index contributed by atoms with van der Waals surface area (Å²) in [5.74, 6) is 1.45. The van der Waals surface area contributed by atoms with E-state index < -0.39 is 6.10 Å². The number of methoxy groups -OCH3 is 1. The number of likely N-dealkylation sites (tertiary alicyclic amines) is 1. The van der Waals surface area contributed by atoms with Crippen molar-refractivity contribution in [1.29, 1.82) is 0 Å². The zero-order valence-corrected chi connectivity index (χ0v) is 11.6. The number of piperidine rings is 1. The molecule has 1 aromatic rings. The molecule has 1 fully saturated rings. The predicted molar refractivity (Wildman–Crippen MR) is 76.2 cm³/mol. The maximum Gasteiger partial charge on any atom is 0.119 e. The molecule has 4 heteroatoms. The molecule has 1 atom stereocenters. The molecule has 1 aromatic carbocycles. The Balaban J connectivity index is 1.88. The van der Waals surface area contributed by atoms with Crippen LogP contribution in [0.4, 0.5) is 0 Å². The van der Waals surface area contributed by atoms with Crippen molar-refractivity contribution in [3.8, 4) is 5.75 Å². The van der Waals surface area contributed by atoms with Gasteiger partial charge < -0.3 is 20.5 Å². The number of nitrogens with zero attached hydrogens (tertiary/aromatic N) is 1. The molecule has 0 aliphatic carbocycles. The van der Waals surface area contributed by atoms with Crippen LogP contribution in [0.25, 0.3) is 0 Å². The van der Waals surface area contributed by atoms with Crippen LogP contribution >= 0.6 is 0 Å². The molecule has 106 valence electrons. The van der Waals surface area contributed by atoms with Gasteiger partial charge in [0.25, 0.3) is 0 Å². The molecule has 0 radical (unpaired) electrons. The van der Waals surface area contributed by atoms with Crippen molar-refractivity contribution in [1.82, 2.24) is 4.90 Å². The van der Waals surface area contributed by atoms with E-state index in [1.54, 1.807) is 7.11 Å². The molecular weight excluding hydrogens is 240 g/mol. The van der Waals surface area contributed by atoms with Crippen molar-refractivity contribution >= 4 is 0 Å². The van der Waals surface area contributed by atoms with Crippen LogP contribution in [0, 0.1) is 5.92 Å². The van der Waals surface area contributed by atoms with Gasteiger partial charge in [0.2, 0.25) is 0 Å². The highest BCUT2D eigenvalue weighted by molar-refractivity contribution is 5.29. The zero-order valence-electron chi connectivity index (χ0n) is 11.6. The fraction of sp³-hybridized carbons (Fsp3) is 0.600. The second kappa shape index (κ2) is 6.89.